The average molecular weight is 575 g/mol. The van der Waals surface area contributed by atoms with Gasteiger partial charge in [0.15, 0.2) is 4.80 Å². The SMILES string of the molecule is CCOC(=O)C1=C(C)N=c2sc(=Cc3ccc(OCc4ccc(Cl)cc4)cc3)c(=O)n2C1c1ccc(OC)cc1. The van der Waals surface area contributed by atoms with Crippen LogP contribution < -0.4 is 24.4 Å². The van der Waals surface area contributed by atoms with E-state index in [-0.39, 0.29) is 12.2 Å². The summed E-state index contributed by atoms with van der Waals surface area (Å²) in [5, 5.41) is 0.681. The van der Waals surface area contributed by atoms with Crippen molar-refractivity contribution in [2.45, 2.75) is 26.5 Å². The zero-order valence-electron chi connectivity index (χ0n) is 22.2. The number of methoxy groups -OCH3 is 1. The first-order chi connectivity index (χ1) is 19.4. The molecule has 0 spiro atoms. The van der Waals surface area contributed by atoms with E-state index in [9.17, 15) is 9.59 Å². The van der Waals surface area contributed by atoms with Gasteiger partial charge in [0, 0.05) is 5.02 Å². The van der Waals surface area contributed by atoms with Crippen LogP contribution >= 0.6 is 22.9 Å². The Morgan fingerprint density at radius 1 is 1.02 bits per heavy atom. The fourth-order valence-electron chi connectivity index (χ4n) is 4.45. The number of carbonyl (C=O) groups excluding carboxylic acids is 1. The minimum Gasteiger partial charge on any atom is -0.497 e. The van der Waals surface area contributed by atoms with Gasteiger partial charge in [-0.15, -0.1) is 0 Å². The summed E-state index contributed by atoms with van der Waals surface area (Å²) in [6, 6.07) is 21.6. The number of hydrogen-bond acceptors (Lipinski definition) is 7. The van der Waals surface area contributed by atoms with Crippen LogP contribution in [0.15, 0.2) is 93.9 Å². The zero-order chi connectivity index (χ0) is 28.2. The molecule has 0 saturated carbocycles. The van der Waals surface area contributed by atoms with E-state index in [0.29, 0.717) is 43.7 Å². The van der Waals surface area contributed by atoms with Gasteiger partial charge in [0.1, 0.15) is 18.1 Å². The number of fused-ring (bicyclic) bond motifs is 1. The van der Waals surface area contributed by atoms with E-state index in [0.717, 1.165) is 16.7 Å². The lowest BCUT2D eigenvalue weighted by Gasteiger charge is -2.24. The van der Waals surface area contributed by atoms with Crippen molar-refractivity contribution in [3.05, 3.63) is 125 Å². The van der Waals surface area contributed by atoms with Crippen LogP contribution in [0.3, 0.4) is 0 Å². The minimum absolute atomic E-state index is 0.217. The summed E-state index contributed by atoms with van der Waals surface area (Å²) in [4.78, 5) is 31.9. The molecular formula is C31H27ClN2O5S. The van der Waals surface area contributed by atoms with Gasteiger partial charge >= 0.3 is 5.97 Å². The molecule has 9 heteroatoms. The third kappa shape index (κ3) is 5.73. The van der Waals surface area contributed by atoms with E-state index >= 15 is 0 Å². The third-order valence-electron chi connectivity index (χ3n) is 6.45. The number of hydrogen-bond donors (Lipinski definition) is 0. The Hall–Kier alpha value is -4.14. The molecule has 5 rings (SSSR count). The third-order valence-corrected chi connectivity index (χ3v) is 7.68. The van der Waals surface area contributed by atoms with Gasteiger partial charge in [0.25, 0.3) is 5.56 Å². The fraction of sp³-hybridized carbons (Fsp3) is 0.194. The molecule has 0 radical (unpaired) electrons. The first-order valence-electron chi connectivity index (χ1n) is 12.7. The number of nitrogens with zero attached hydrogens (tertiary/aromatic N) is 2. The minimum atomic E-state index is -0.674. The number of benzene rings is 3. The summed E-state index contributed by atoms with van der Waals surface area (Å²) in [5.74, 6) is 0.894. The van der Waals surface area contributed by atoms with Gasteiger partial charge in [-0.2, -0.15) is 0 Å². The standard InChI is InChI=1S/C31H27ClN2O5S/c1-4-38-30(36)27-19(2)33-31-34(28(27)22-9-15-24(37-3)16-10-22)29(35)26(40-31)17-20-7-13-25(14-8-20)39-18-21-5-11-23(32)12-6-21/h5-17,28H,4,18H2,1-3H3. The lowest BCUT2D eigenvalue weighted by molar-refractivity contribution is -0.139. The summed E-state index contributed by atoms with van der Waals surface area (Å²) in [5.41, 5.74) is 3.24. The van der Waals surface area contributed by atoms with E-state index in [1.807, 2.05) is 66.7 Å². The van der Waals surface area contributed by atoms with Crippen LogP contribution in [0.5, 0.6) is 11.5 Å². The number of aromatic nitrogens is 1. The monoisotopic (exact) mass is 574 g/mol. The molecule has 7 nitrogen and oxygen atoms in total. The number of rotatable bonds is 8. The van der Waals surface area contributed by atoms with Crippen LogP contribution in [-0.2, 0) is 16.1 Å². The molecule has 0 aliphatic carbocycles. The van der Waals surface area contributed by atoms with E-state index in [1.165, 1.54) is 11.3 Å². The molecule has 0 amide bonds. The maximum absolute atomic E-state index is 13.8. The molecule has 1 aliphatic heterocycles. The molecule has 204 valence electrons. The highest BCUT2D eigenvalue weighted by atomic mass is 35.5. The molecule has 1 aromatic heterocycles. The summed E-state index contributed by atoms with van der Waals surface area (Å²) >= 11 is 7.23. The van der Waals surface area contributed by atoms with Gasteiger partial charge < -0.3 is 14.2 Å². The molecule has 40 heavy (non-hydrogen) atoms. The van der Waals surface area contributed by atoms with Crippen LogP contribution in [0.4, 0.5) is 0 Å². The van der Waals surface area contributed by atoms with Crippen molar-refractivity contribution in [2.75, 3.05) is 13.7 Å². The summed E-state index contributed by atoms with van der Waals surface area (Å²) < 4.78 is 18.6. The Labute approximate surface area is 240 Å². The Balaban J connectivity index is 1.49. The van der Waals surface area contributed by atoms with Gasteiger partial charge in [-0.25, -0.2) is 9.79 Å². The van der Waals surface area contributed by atoms with Crippen LogP contribution in [0, 0.1) is 0 Å². The number of thiazole rings is 1. The quantitative estimate of drug-likeness (QED) is 0.276. The molecule has 1 atom stereocenters. The molecule has 1 aliphatic rings. The van der Waals surface area contributed by atoms with Crippen LogP contribution in [0.25, 0.3) is 6.08 Å². The van der Waals surface area contributed by atoms with Crippen molar-refractivity contribution in [3.8, 4) is 11.5 Å². The van der Waals surface area contributed by atoms with Gasteiger partial charge in [0.2, 0.25) is 0 Å². The summed E-state index contributed by atoms with van der Waals surface area (Å²) in [6.45, 7) is 4.15. The van der Waals surface area contributed by atoms with E-state index < -0.39 is 12.0 Å². The average Bonchev–Trinajstić information content (AvgIpc) is 3.26. The molecule has 0 saturated heterocycles. The lowest BCUT2D eigenvalue weighted by Crippen LogP contribution is -2.39. The van der Waals surface area contributed by atoms with Gasteiger partial charge in [-0.3, -0.25) is 9.36 Å². The van der Waals surface area contributed by atoms with E-state index in [1.54, 1.807) is 37.7 Å². The first-order valence-corrected chi connectivity index (χ1v) is 13.9. The predicted molar refractivity (Wildman–Crippen MR) is 156 cm³/mol. The zero-order valence-corrected chi connectivity index (χ0v) is 23.8. The van der Waals surface area contributed by atoms with Gasteiger partial charge in [0.05, 0.1) is 35.6 Å². The van der Waals surface area contributed by atoms with Crippen molar-refractivity contribution >= 4 is 35.0 Å². The Morgan fingerprint density at radius 3 is 2.35 bits per heavy atom. The molecule has 0 N–H and O–H groups in total. The van der Waals surface area contributed by atoms with E-state index in [4.69, 9.17) is 25.8 Å². The molecule has 1 unspecified atom stereocenters. The molecule has 0 bridgehead atoms. The van der Waals surface area contributed by atoms with Crippen molar-refractivity contribution in [1.82, 2.24) is 4.57 Å². The molecule has 0 fully saturated rings. The highest BCUT2D eigenvalue weighted by Crippen LogP contribution is 2.31. The highest BCUT2D eigenvalue weighted by Gasteiger charge is 2.33. The van der Waals surface area contributed by atoms with Crippen LogP contribution in [-0.4, -0.2) is 24.3 Å². The maximum atomic E-state index is 13.8. The Bertz CT molecular complexity index is 1740. The van der Waals surface area contributed by atoms with Crippen molar-refractivity contribution in [1.29, 1.82) is 0 Å². The van der Waals surface area contributed by atoms with E-state index in [2.05, 4.69) is 4.99 Å². The Kier molecular flexibility index (Phi) is 8.19. The second-order valence-corrected chi connectivity index (χ2v) is 10.5. The highest BCUT2D eigenvalue weighted by molar-refractivity contribution is 7.07. The Morgan fingerprint density at radius 2 is 1.70 bits per heavy atom. The largest absolute Gasteiger partial charge is 0.497 e. The lowest BCUT2D eigenvalue weighted by atomic mass is 9.96. The van der Waals surface area contributed by atoms with Crippen molar-refractivity contribution in [3.63, 3.8) is 0 Å². The second kappa shape index (κ2) is 11.9. The van der Waals surface area contributed by atoms with Crippen LogP contribution in [0.2, 0.25) is 5.02 Å². The number of ether oxygens (including phenoxy) is 3. The first kappa shape index (κ1) is 27.4. The maximum Gasteiger partial charge on any atom is 0.338 e. The summed E-state index contributed by atoms with van der Waals surface area (Å²) in [7, 11) is 1.59. The van der Waals surface area contributed by atoms with Crippen LogP contribution in [0.1, 0.15) is 36.6 Å². The van der Waals surface area contributed by atoms with Crippen molar-refractivity contribution < 1.29 is 19.0 Å². The number of halogens is 1. The normalized spacial score (nSPS) is 14.9. The smallest absolute Gasteiger partial charge is 0.338 e. The van der Waals surface area contributed by atoms with Gasteiger partial charge in [-0.05, 0) is 73.0 Å². The number of carbonyl (C=O) groups is 1. The molecule has 4 aromatic rings. The van der Waals surface area contributed by atoms with Gasteiger partial charge in [-0.1, -0.05) is 59.3 Å². The predicted octanol–water partition coefficient (Wildman–Crippen LogP) is 5.04. The van der Waals surface area contributed by atoms with Crippen molar-refractivity contribution in [2.24, 2.45) is 4.99 Å². The number of esters is 1. The number of allylic oxidation sites excluding steroid dienone is 1. The molecule has 3 aromatic carbocycles. The topological polar surface area (TPSA) is 79.1 Å². The fourth-order valence-corrected chi connectivity index (χ4v) is 5.62. The second-order valence-electron chi connectivity index (χ2n) is 9.06. The summed E-state index contributed by atoms with van der Waals surface area (Å²) in [6.07, 6.45) is 1.82. The molecular weight excluding hydrogens is 548 g/mol. The molecule has 2 heterocycles.